The van der Waals surface area contributed by atoms with Crippen molar-refractivity contribution < 1.29 is 9.53 Å². The standard InChI is InChI=1S/C18H35N5O2.HI/c1-4-25-13-7-9-19-18(20-14-17(24)21(2)3)23-12-8-16(15-23)22-10-5-6-11-22;/h16H,4-15H2,1-3H3,(H,19,20);1H. The van der Waals surface area contributed by atoms with Gasteiger partial charge in [-0.3, -0.25) is 9.69 Å². The summed E-state index contributed by atoms with van der Waals surface area (Å²) in [6.45, 7) is 9.01. The highest BCUT2D eigenvalue weighted by molar-refractivity contribution is 14.0. The Morgan fingerprint density at radius 1 is 1.27 bits per heavy atom. The van der Waals surface area contributed by atoms with E-state index in [2.05, 4.69) is 20.1 Å². The molecule has 0 spiro atoms. The molecule has 7 nitrogen and oxygen atoms in total. The van der Waals surface area contributed by atoms with Crippen LogP contribution in [0.1, 0.15) is 32.6 Å². The molecule has 2 heterocycles. The van der Waals surface area contributed by atoms with E-state index in [1.165, 1.54) is 32.4 Å². The summed E-state index contributed by atoms with van der Waals surface area (Å²) in [5.41, 5.74) is 0. The van der Waals surface area contributed by atoms with E-state index in [-0.39, 0.29) is 36.4 Å². The number of hydrogen-bond acceptors (Lipinski definition) is 4. The molecule has 0 aromatic heterocycles. The quantitative estimate of drug-likeness (QED) is 0.245. The molecule has 0 radical (unpaired) electrons. The molecule has 1 amide bonds. The van der Waals surface area contributed by atoms with Crippen LogP contribution in [0.15, 0.2) is 4.99 Å². The molecule has 0 aliphatic carbocycles. The maximum atomic E-state index is 11.9. The lowest BCUT2D eigenvalue weighted by molar-refractivity contribution is -0.127. The smallest absolute Gasteiger partial charge is 0.243 e. The van der Waals surface area contributed by atoms with Crippen LogP contribution >= 0.6 is 24.0 Å². The van der Waals surface area contributed by atoms with Crippen LogP contribution in [-0.2, 0) is 9.53 Å². The number of likely N-dealkylation sites (tertiary alicyclic amines) is 2. The van der Waals surface area contributed by atoms with Crippen molar-refractivity contribution in [3.63, 3.8) is 0 Å². The van der Waals surface area contributed by atoms with Gasteiger partial charge < -0.3 is 19.9 Å². The average Bonchev–Trinajstić information content (AvgIpc) is 3.28. The summed E-state index contributed by atoms with van der Waals surface area (Å²) in [7, 11) is 3.54. The van der Waals surface area contributed by atoms with Gasteiger partial charge in [-0.25, -0.2) is 4.99 Å². The van der Waals surface area contributed by atoms with Crippen LogP contribution in [0.5, 0.6) is 0 Å². The monoisotopic (exact) mass is 481 g/mol. The number of likely N-dealkylation sites (N-methyl/N-ethyl adjacent to an activating group) is 1. The number of rotatable bonds is 8. The van der Waals surface area contributed by atoms with Gasteiger partial charge in [-0.05, 0) is 45.7 Å². The molecule has 1 atom stereocenters. The van der Waals surface area contributed by atoms with Gasteiger partial charge in [0, 0.05) is 53.0 Å². The molecule has 1 unspecified atom stereocenters. The number of carbonyl (C=O) groups excluding carboxylic acids is 1. The van der Waals surface area contributed by atoms with Gasteiger partial charge in [0.2, 0.25) is 5.91 Å². The van der Waals surface area contributed by atoms with Crippen LogP contribution in [-0.4, -0.2) is 99.2 Å². The number of halogens is 1. The Bertz CT molecular complexity index is 441. The summed E-state index contributed by atoms with van der Waals surface area (Å²) >= 11 is 0. The Morgan fingerprint density at radius 2 is 2.00 bits per heavy atom. The van der Waals surface area contributed by atoms with Crippen LogP contribution < -0.4 is 5.32 Å². The summed E-state index contributed by atoms with van der Waals surface area (Å²) < 4.78 is 5.39. The van der Waals surface area contributed by atoms with E-state index in [1.54, 1.807) is 19.0 Å². The van der Waals surface area contributed by atoms with Gasteiger partial charge in [0.1, 0.15) is 6.54 Å². The lowest BCUT2D eigenvalue weighted by Crippen LogP contribution is -2.43. The van der Waals surface area contributed by atoms with Gasteiger partial charge in [0.15, 0.2) is 5.96 Å². The molecule has 26 heavy (non-hydrogen) atoms. The number of amides is 1. The minimum Gasteiger partial charge on any atom is -0.382 e. The normalized spacial score (nSPS) is 21.0. The van der Waals surface area contributed by atoms with Crippen LogP contribution in [0.3, 0.4) is 0 Å². The van der Waals surface area contributed by atoms with Gasteiger partial charge in [-0.15, -0.1) is 24.0 Å². The van der Waals surface area contributed by atoms with Crippen LogP contribution in [0, 0.1) is 0 Å². The highest BCUT2D eigenvalue weighted by atomic mass is 127. The van der Waals surface area contributed by atoms with Gasteiger partial charge in [-0.1, -0.05) is 0 Å². The molecule has 2 rings (SSSR count). The van der Waals surface area contributed by atoms with E-state index < -0.39 is 0 Å². The fourth-order valence-corrected chi connectivity index (χ4v) is 3.41. The Labute approximate surface area is 175 Å². The van der Waals surface area contributed by atoms with Crippen LogP contribution in [0.25, 0.3) is 0 Å². The minimum atomic E-state index is 0. The number of nitrogens with zero attached hydrogens (tertiary/aromatic N) is 4. The summed E-state index contributed by atoms with van der Waals surface area (Å²) in [4.78, 5) is 23.0. The van der Waals surface area contributed by atoms with Crippen molar-refractivity contribution in [3.8, 4) is 0 Å². The number of nitrogens with one attached hydrogen (secondary N) is 1. The van der Waals surface area contributed by atoms with E-state index in [9.17, 15) is 4.79 Å². The van der Waals surface area contributed by atoms with Gasteiger partial charge in [0.25, 0.3) is 0 Å². The third-order valence-electron chi connectivity index (χ3n) is 4.94. The van der Waals surface area contributed by atoms with Gasteiger partial charge in [0.05, 0.1) is 0 Å². The summed E-state index contributed by atoms with van der Waals surface area (Å²) in [5, 5.41) is 3.43. The summed E-state index contributed by atoms with van der Waals surface area (Å²) in [5.74, 6) is 0.900. The predicted molar refractivity (Wildman–Crippen MR) is 116 cm³/mol. The fraction of sp³-hybridized carbons (Fsp3) is 0.889. The summed E-state index contributed by atoms with van der Waals surface area (Å²) in [6.07, 6.45) is 4.77. The topological polar surface area (TPSA) is 60.4 Å². The molecule has 1 N–H and O–H groups in total. The molecular formula is C18H36IN5O2. The second kappa shape index (κ2) is 12.7. The second-order valence-corrected chi connectivity index (χ2v) is 7.04. The van der Waals surface area contributed by atoms with Crippen LogP contribution in [0.4, 0.5) is 0 Å². The van der Waals surface area contributed by atoms with Crippen molar-refractivity contribution in [2.45, 2.75) is 38.6 Å². The van der Waals surface area contributed by atoms with Crippen molar-refractivity contribution in [3.05, 3.63) is 0 Å². The zero-order valence-electron chi connectivity index (χ0n) is 16.6. The van der Waals surface area contributed by atoms with E-state index in [4.69, 9.17) is 4.74 Å². The van der Waals surface area contributed by atoms with E-state index in [0.717, 1.165) is 45.2 Å². The highest BCUT2D eigenvalue weighted by Crippen LogP contribution is 2.20. The third kappa shape index (κ3) is 7.56. The molecule has 2 saturated heterocycles. The fourth-order valence-electron chi connectivity index (χ4n) is 3.41. The molecule has 0 bridgehead atoms. The van der Waals surface area contributed by atoms with Crippen molar-refractivity contribution in [2.75, 3.05) is 66.6 Å². The average molecular weight is 481 g/mol. The first-order chi connectivity index (χ1) is 12.1. The van der Waals surface area contributed by atoms with Gasteiger partial charge in [-0.2, -0.15) is 0 Å². The SMILES string of the molecule is CCOCCCNC(=NCC(=O)N(C)C)N1CCC(N2CCCC2)C1.I. The van der Waals surface area contributed by atoms with Crippen molar-refractivity contribution >= 4 is 35.8 Å². The lowest BCUT2D eigenvalue weighted by atomic mass is 10.2. The Morgan fingerprint density at radius 3 is 2.65 bits per heavy atom. The van der Waals surface area contributed by atoms with Crippen LogP contribution in [0.2, 0.25) is 0 Å². The molecule has 0 aromatic carbocycles. The molecule has 152 valence electrons. The van der Waals surface area contributed by atoms with E-state index >= 15 is 0 Å². The molecule has 2 aliphatic heterocycles. The number of ether oxygens (including phenoxy) is 1. The third-order valence-corrected chi connectivity index (χ3v) is 4.94. The molecule has 8 heteroatoms. The number of aliphatic imine (C=N–C) groups is 1. The first-order valence-corrected chi connectivity index (χ1v) is 9.67. The first kappa shape index (κ1) is 23.4. The highest BCUT2D eigenvalue weighted by Gasteiger charge is 2.30. The molecule has 0 aromatic rings. The predicted octanol–water partition coefficient (Wildman–Crippen LogP) is 1.23. The molecular weight excluding hydrogens is 445 g/mol. The molecule has 0 saturated carbocycles. The van der Waals surface area contributed by atoms with Crippen molar-refractivity contribution in [2.24, 2.45) is 4.99 Å². The maximum absolute atomic E-state index is 11.9. The van der Waals surface area contributed by atoms with E-state index in [0.29, 0.717) is 6.04 Å². The zero-order chi connectivity index (χ0) is 18.1. The number of guanidine groups is 1. The second-order valence-electron chi connectivity index (χ2n) is 7.04. The number of hydrogen-bond donors (Lipinski definition) is 1. The Balaban J connectivity index is 0.00000338. The maximum Gasteiger partial charge on any atom is 0.243 e. The Kier molecular flexibility index (Phi) is 11.5. The summed E-state index contributed by atoms with van der Waals surface area (Å²) in [6, 6.07) is 0.627. The zero-order valence-corrected chi connectivity index (χ0v) is 18.9. The van der Waals surface area contributed by atoms with Gasteiger partial charge >= 0.3 is 0 Å². The largest absolute Gasteiger partial charge is 0.382 e. The van der Waals surface area contributed by atoms with Crippen molar-refractivity contribution in [1.82, 2.24) is 20.0 Å². The number of carbonyl (C=O) groups is 1. The minimum absolute atomic E-state index is 0. The lowest BCUT2D eigenvalue weighted by Gasteiger charge is -2.25. The van der Waals surface area contributed by atoms with Crippen molar-refractivity contribution in [1.29, 1.82) is 0 Å². The molecule has 2 fully saturated rings. The first-order valence-electron chi connectivity index (χ1n) is 9.67. The van der Waals surface area contributed by atoms with E-state index in [1.807, 2.05) is 6.92 Å². The molecule has 2 aliphatic rings. The Hall–Kier alpha value is -0.610.